The summed E-state index contributed by atoms with van der Waals surface area (Å²) in [6, 6.07) is 11.5. The van der Waals surface area contributed by atoms with Gasteiger partial charge in [-0.3, -0.25) is 4.90 Å². The van der Waals surface area contributed by atoms with Crippen LogP contribution in [-0.4, -0.2) is 54.3 Å². The standard InChI is InChI=1S/C32H34F2N4O8S/c1-7-43-28(39)22-16-24-23(44-32(33,34)45-24)15-20(22)17-38(29(40)46-30(3,4)5)26-27(47(41,42)8-2)37(6)25(36-26)19-9-11-21(12-10-19)31(18-35)13-14-31/h9-12,15-16H,7-8,13-14,17H2,1-6H3. The van der Waals surface area contributed by atoms with E-state index in [1.54, 1.807) is 52.0 Å². The third kappa shape index (κ3) is 6.60. The molecule has 1 aromatic heterocycles. The highest BCUT2D eigenvalue weighted by Crippen LogP contribution is 2.48. The number of hydrogen-bond acceptors (Lipinski definition) is 10. The molecular formula is C32H34F2N4O8S. The Bertz CT molecular complexity index is 1890. The highest BCUT2D eigenvalue weighted by molar-refractivity contribution is 7.91. The zero-order valence-corrected chi connectivity index (χ0v) is 27.5. The Morgan fingerprint density at radius 3 is 2.26 bits per heavy atom. The summed E-state index contributed by atoms with van der Waals surface area (Å²) in [7, 11) is -2.59. The lowest BCUT2D eigenvalue weighted by Crippen LogP contribution is -2.38. The lowest BCUT2D eigenvalue weighted by molar-refractivity contribution is -0.286. The van der Waals surface area contributed by atoms with Gasteiger partial charge in [0.05, 0.1) is 36.0 Å². The minimum atomic E-state index is -4.07. The molecule has 0 bridgehead atoms. The number of sulfone groups is 1. The molecule has 2 aromatic carbocycles. The van der Waals surface area contributed by atoms with E-state index in [0.29, 0.717) is 5.56 Å². The number of aromatic nitrogens is 2. The maximum absolute atomic E-state index is 14.0. The molecule has 1 amide bonds. The number of carbonyl (C=O) groups excluding carboxylic acids is 2. The third-order valence-electron chi connectivity index (χ3n) is 7.68. The molecule has 1 aliphatic heterocycles. The summed E-state index contributed by atoms with van der Waals surface area (Å²) in [6.45, 7) is 7.22. The summed E-state index contributed by atoms with van der Waals surface area (Å²) in [5.41, 5.74) is -0.510. The van der Waals surface area contributed by atoms with E-state index in [0.717, 1.165) is 35.4 Å². The zero-order chi connectivity index (χ0) is 34.5. The Morgan fingerprint density at radius 1 is 1.11 bits per heavy atom. The van der Waals surface area contributed by atoms with Crippen LogP contribution in [0, 0.1) is 11.3 Å². The molecule has 1 aliphatic carbocycles. The minimum Gasteiger partial charge on any atom is -0.462 e. The Morgan fingerprint density at radius 2 is 1.72 bits per heavy atom. The van der Waals surface area contributed by atoms with Gasteiger partial charge in [0.1, 0.15) is 11.4 Å². The van der Waals surface area contributed by atoms with Crippen LogP contribution in [0.3, 0.4) is 0 Å². The summed E-state index contributed by atoms with van der Waals surface area (Å²) < 4.78 is 76.4. The number of hydrogen-bond donors (Lipinski definition) is 0. The smallest absolute Gasteiger partial charge is 0.462 e. The van der Waals surface area contributed by atoms with Crippen LogP contribution >= 0.6 is 0 Å². The minimum absolute atomic E-state index is 0.0306. The van der Waals surface area contributed by atoms with Gasteiger partial charge in [-0.2, -0.15) is 5.26 Å². The fraction of sp³-hybridized carbons (Fsp3) is 0.438. The lowest BCUT2D eigenvalue weighted by Gasteiger charge is -2.27. The third-order valence-corrected chi connectivity index (χ3v) is 9.49. The van der Waals surface area contributed by atoms with Gasteiger partial charge in [-0.05, 0) is 63.8 Å². The molecular weight excluding hydrogens is 638 g/mol. The van der Waals surface area contributed by atoms with Crippen molar-refractivity contribution in [3.05, 3.63) is 53.1 Å². The van der Waals surface area contributed by atoms with Crippen LogP contribution < -0.4 is 14.4 Å². The van der Waals surface area contributed by atoms with E-state index in [2.05, 4.69) is 20.5 Å². The van der Waals surface area contributed by atoms with Crippen LogP contribution in [0.5, 0.6) is 11.5 Å². The van der Waals surface area contributed by atoms with Crippen molar-refractivity contribution in [3.8, 4) is 29.0 Å². The summed E-state index contributed by atoms with van der Waals surface area (Å²) in [5.74, 6) is -2.20. The average molecular weight is 673 g/mol. The van der Waals surface area contributed by atoms with Gasteiger partial charge in [0.15, 0.2) is 32.2 Å². The number of carbonyl (C=O) groups is 2. The highest BCUT2D eigenvalue weighted by Gasteiger charge is 2.46. The van der Waals surface area contributed by atoms with Gasteiger partial charge >= 0.3 is 18.4 Å². The largest absolute Gasteiger partial charge is 0.586 e. The molecule has 47 heavy (non-hydrogen) atoms. The van der Waals surface area contributed by atoms with Gasteiger partial charge in [-0.1, -0.05) is 31.2 Å². The molecule has 2 aliphatic rings. The number of imidazole rings is 1. The van der Waals surface area contributed by atoms with E-state index in [4.69, 9.17) is 9.47 Å². The fourth-order valence-corrected chi connectivity index (χ4v) is 6.41. The van der Waals surface area contributed by atoms with E-state index >= 15 is 0 Å². The van der Waals surface area contributed by atoms with Gasteiger partial charge in [0.2, 0.25) is 0 Å². The number of anilines is 1. The number of alkyl halides is 2. The van der Waals surface area contributed by atoms with Crippen LogP contribution in [0.25, 0.3) is 11.4 Å². The predicted octanol–water partition coefficient (Wildman–Crippen LogP) is 5.88. The second-order valence-corrected chi connectivity index (χ2v) is 14.4. The topological polar surface area (TPSA) is 150 Å². The van der Waals surface area contributed by atoms with Gasteiger partial charge in [0, 0.05) is 12.6 Å². The van der Waals surface area contributed by atoms with Crippen LogP contribution in [0.15, 0.2) is 41.4 Å². The van der Waals surface area contributed by atoms with Gasteiger partial charge in [0.25, 0.3) is 0 Å². The SMILES string of the molecule is CCOC(=O)c1cc2c(cc1CN(C(=O)OC(C)(C)C)c1nc(-c3ccc(C4(C#N)CC4)cc3)n(C)c1S(=O)(=O)CC)OC(F)(F)O2. The van der Waals surface area contributed by atoms with Crippen molar-refractivity contribution in [2.45, 2.75) is 76.3 Å². The normalized spacial score (nSPS) is 15.9. The maximum Gasteiger partial charge on any atom is 0.586 e. The molecule has 0 atom stereocenters. The first-order chi connectivity index (χ1) is 21.9. The van der Waals surface area contributed by atoms with Gasteiger partial charge in [-0.25, -0.2) is 23.0 Å². The molecule has 15 heteroatoms. The highest BCUT2D eigenvalue weighted by atomic mass is 32.2. The second-order valence-electron chi connectivity index (χ2n) is 12.2. The molecule has 5 rings (SSSR count). The summed E-state index contributed by atoms with van der Waals surface area (Å²) in [4.78, 5) is 32.4. The van der Waals surface area contributed by atoms with Crippen molar-refractivity contribution in [3.63, 3.8) is 0 Å². The summed E-state index contributed by atoms with van der Waals surface area (Å²) >= 11 is 0. The molecule has 1 fully saturated rings. The van der Waals surface area contributed by atoms with E-state index in [-0.39, 0.29) is 40.2 Å². The molecule has 12 nitrogen and oxygen atoms in total. The molecule has 3 aromatic rings. The number of halogens is 2. The van der Waals surface area contributed by atoms with Crippen molar-refractivity contribution >= 4 is 27.7 Å². The van der Waals surface area contributed by atoms with E-state index in [9.17, 15) is 32.0 Å². The Balaban J connectivity index is 1.69. The number of nitrogens with zero attached hydrogens (tertiary/aromatic N) is 4. The summed E-state index contributed by atoms with van der Waals surface area (Å²) in [5, 5.41) is 9.29. The Kier molecular flexibility index (Phi) is 8.46. The average Bonchev–Trinajstić information content (AvgIpc) is 3.62. The van der Waals surface area contributed by atoms with Crippen LogP contribution in [0.4, 0.5) is 19.4 Å². The molecule has 0 spiro atoms. The number of esters is 1. The predicted molar refractivity (Wildman–Crippen MR) is 164 cm³/mol. The van der Waals surface area contributed by atoms with Crippen molar-refractivity contribution in [2.24, 2.45) is 7.05 Å². The van der Waals surface area contributed by atoms with Gasteiger partial charge in [-0.15, -0.1) is 8.78 Å². The number of amides is 1. The number of nitriles is 1. The number of benzene rings is 2. The first-order valence-electron chi connectivity index (χ1n) is 14.9. The van der Waals surface area contributed by atoms with Crippen LogP contribution in [-0.2, 0) is 38.3 Å². The summed E-state index contributed by atoms with van der Waals surface area (Å²) in [6.07, 6.45) is -3.54. The molecule has 0 N–H and O–H groups in total. The van der Waals surface area contributed by atoms with Crippen molar-refractivity contribution < 1.29 is 45.7 Å². The molecule has 0 saturated heterocycles. The van der Waals surface area contributed by atoms with E-state index in [1.165, 1.54) is 18.5 Å². The first kappa shape index (κ1) is 33.6. The fourth-order valence-electron chi connectivity index (χ4n) is 5.20. The first-order valence-corrected chi connectivity index (χ1v) is 16.5. The van der Waals surface area contributed by atoms with Crippen molar-refractivity contribution in [2.75, 3.05) is 17.3 Å². The van der Waals surface area contributed by atoms with Crippen LogP contribution in [0.1, 0.15) is 68.9 Å². The molecule has 2 heterocycles. The Labute approximate surface area is 270 Å². The number of ether oxygens (including phenoxy) is 4. The lowest BCUT2D eigenvalue weighted by atomic mass is 9.96. The molecule has 0 unspecified atom stereocenters. The molecule has 250 valence electrons. The Hall–Kier alpha value is -4.71. The molecule has 0 radical (unpaired) electrons. The van der Waals surface area contributed by atoms with E-state index < -0.39 is 57.3 Å². The monoisotopic (exact) mass is 672 g/mol. The van der Waals surface area contributed by atoms with Crippen molar-refractivity contribution in [1.29, 1.82) is 5.26 Å². The van der Waals surface area contributed by atoms with Gasteiger partial charge < -0.3 is 23.5 Å². The zero-order valence-electron chi connectivity index (χ0n) is 26.7. The van der Waals surface area contributed by atoms with Crippen LogP contribution in [0.2, 0.25) is 0 Å². The maximum atomic E-state index is 14.0. The van der Waals surface area contributed by atoms with Crippen molar-refractivity contribution in [1.82, 2.24) is 9.55 Å². The second kappa shape index (κ2) is 11.8. The number of fused-ring (bicyclic) bond motifs is 1. The number of rotatable bonds is 9. The molecule has 1 saturated carbocycles. The van der Waals surface area contributed by atoms with E-state index in [1.807, 2.05) is 0 Å². The quantitative estimate of drug-likeness (QED) is 0.252.